The number of methoxy groups -OCH3 is 1. The molecule has 3 saturated carbocycles. The van der Waals surface area contributed by atoms with Crippen LogP contribution in [0.4, 0.5) is 0 Å². The third-order valence-electron chi connectivity index (χ3n) is 13.4. The van der Waals surface area contributed by atoms with E-state index in [9.17, 15) is 35.1 Å². The summed E-state index contributed by atoms with van der Waals surface area (Å²) in [5.74, 6) is -3.43. The van der Waals surface area contributed by atoms with E-state index < -0.39 is 99.5 Å². The van der Waals surface area contributed by atoms with Crippen LogP contribution in [-0.4, -0.2) is 120 Å². The predicted octanol–water partition coefficient (Wildman–Crippen LogP) is 4.37. The molecule has 3 aliphatic carbocycles. The number of fused-ring (bicyclic) bond motifs is 2. The summed E-state index contributed by atoms with van der Waals surface area (Å²) in [4.78, 5) is 43.6. The second kappa shape index (κ2) is 15.4. The molecule has 8 rings (SSSR count). The SMILES string of the molecule is COC(=O)/C(C)=C\CC12OC(C)(C)C3CC(C1=O)C(O)C1(Br)C(=O)c4c(O[C@@H]5O[C@H](CO)[C@@H](O)[C@H](O)[C@H]5O)c5c(c(CC=C(C)C)c4OC321)OC(C)(CCC=C(C)C)C=C5. The summed E-state index contributed by atoms with van der Waals surface area (Å²) in [5, 5.41) is 55.1. The number of hydrogen-bond acceptors (Lipinski definition) is 14. The van der Waals surface area contributed by atoms with Gasteiger partial charge in [-0.25, -0.2) is 4.79 Å². The van der Waals surface area contributed by atoms with Crippen LogP contribution in [0.1, 0.15) is 103 Å². The van der Waals surface area contributed by atoms with E-state index in [2.05, 4.69) is 22.0 Å². The molecular weight excluding hydrogens is 844 g/mol. The Morgan fingerprint density at radius 2 is 1.63 bits per heavy atom. The lowest BCUT2D eigenvalue weighted by Crippen LogP contribution is -2.86. The van der Waals surface area contributed by atoms with Crippen LogP contribution >= 0.6 is 15.9 Å². The molecule has 60 heavy (non-hydrogen) atoms. The summed E-state index contributed by atoms with van der Waals surface area (Å²) < 4.78 is 36.5. The lowest BCUT2D eigenvalue weighted by Gasteiger charge is -2.65. The van der Waals surface area contributed by atoms with Gasteiger partial charge in [-0.05, 0) is 93.2 Å². The molecule has 2 saturated heterocycles. The van der Waals surface area contributed by atoms with Crippen LogP contribution in [0, 0.1) is 11.8 Å². The van der Waals surface area contributed by atoms with Crippen LogP contribution in [0.25, 0.3) is 6.08 Å². The highest BCUT2D eigenvalue weighted by Gasteiger charge is 2.90. The number of benzene rings is 1. The fourth-order valence-corrected chi connectivity index (χ4v) is 11.5. The Balaban J connectivity index is 1.53. The number of halogens is 1. The molecule has 0 amide bonds. The number of Topliss-reactive ketones (excluding diaryl/α,β-unsaturated/α-hetero) is 2. The Morgan fingerprint density at radius 1 is 0.950 bits per heavy atom. The number of rotatable bonds is 11. The largest absolute Gasteiger partial charge is 0.482 e. The van der Waals surface area contributed by atoms with E-state index in [1.54, 1.807) is 13.0 Å². The third-order valence-corrected chi connectivity index (χ3v) is 14.8. The van der Waals surface area contributed by atoms with Crippen molar-refractivity contribution >= 4 is 39.5 Å². The molecule has 0 aromatic heterocycles. The van der Waals surface area contributed by atoms with Gasteiger partial charge in [-0.3, -0.25) is 9.59 Å². The molecule has 14 nitrogen and oxygen atoms in total. The van der Waals surface area contributed by atoms with E-state index in [0.717, 1.165) is 11.1 Å². The number of allylic oxidation sites excluding steroid dienone is 4. The van der Waals surface area contributed by atoms with Crippen molar-refractivity contribution in [3.8, 4) is 17.2 Å². The molecule has 4 bridgehead atoms. The summed E-state index contributed by atoms with van der Waals surface area (Å²) in [7, 11) is 1.25. The van der Waals surface area contributed by atoms with Crippen LogP contribution in [0.15, 0.2) is 41.0 Å². The molecule has 328 valence electrons. The predicted molar refractivity (Wildman–Crippen MR) is 221 cm³/mol. The van der Waals surface area contributed by atoms with Gasteiger partial charge in [0, 0.05) is 29.4 Å². The van der Waals surface area contributed by atoms with Crippen molar-refractivity contribution in [2.45, 2.75) is 151 Å². The first kappa shape index (κ1) is 44.6. The first-order valence-electron chi connectivity index (χ1n) is 20.5. The molecule has 4 heterocycles. The third kappa shape index (κ3) is 6.39. The summed E-state index contributed by atoms with van der Waals surface area (Å²) in [6.07, 6.45) is 0.550. The lowest BCUT2D eigenvalue weighted by molar-refractivity contribution is -0.277. The Morgan fingerprint density at radius 3 is 2.27 bits per heavy atom. The van der Waals surface area contributed by atoms with Crippen molar-refractivity contribution in [2.75, 3.05) is 13.7 Å². The van der Waals surface area contributed by atoms with Crippen molar-refractivity contribution in [3.63, 3.8) is 0 Å². The minimum atomic E-state index is -2.05. The van der Waals surface area contributed by atoms with Gasteiger partial charge in [-0.15, -0.1) is 0 Å². The Bertz CT molecular complexity index is 2100. The molecule has 7 unspecified atom stereocenters. The maximum atomic E-state index is 16.0. The standard InChI is InChI=1S/C45H57BrO14/c1-21(2)11-10-16-42(8)17-15-25-33(58-42)24(13-12-22(3)4)35-29(34(25)57-40-32(50)31(49)30(48)27(20-47)56-40)38(53)44(46)37(52)26-19-28-41(6,7)60-43(36(26)51,45(28,44)59-35)18-14-23(5)39(54)55-9/h11-12,14-15,17,26-28,30-32,37,40,47-50,52H,10,13,16,18-20H2,1-9H3/b23-14-/t26?,27-,28?,30-,31+,32-,37?,40+,42?,43?,44?,45?/m1/s1. The van der Waals surface area contributed by atoms with E-state index in [0.29, 0.717) is 24.2 Å². The maximum absolute atomic E-state index is 16.0. The monoisotopic (exact) mass is 900 g/mol. The average molecular weight is 902 g/mol. The zero-order valence-electron chi connectivity index (χ0n) is 35.5. The molecule has 1 spiro atoms. The number of carbonyl (C=O) groups is 3. The summed E-state index contributed by atoms with van der Waals surface area (Å²) in [5.41, 5.74) is -2.94. The van der Waals surface area contributed by atoms with E-state index in [1.807, 2.05) is 60.6 Å². The molecule has 5 N–H and O–H groups in total. The van der Waals surface area contributed by atoms with Crippen molar-refractivity contribution in [3.05, 3.63) is 57.7 Å². The van der Waals surface area contributed by atoms with Crippen molar-refractivity contribution in [1.82, 2.24) is 0 Å². The lowest BCUT2D eigenvalue weighted by atomic mass is 9.45. The molecule has 1 aromatic rings. The Hall–Kier alpha value is -3.41. The number of esters is 1. The van der Waals surface area contributed by atoms with Crippen molar-refractivity contribution in [1.29, 1.82) is 0 Å². The highest BCUT2D eigenvalue weighted by atomic mass is 79.9. The zero-order chi connectivity index (χ0) is 44.1. The average Bonchev–Trinajstić information content (AvgIpc) is 3.33. The van der Waals surface area contributed by atoms with Gasteiger partial charge in [-0.1, -0.05) is 45.3 Å². The van der Waals surface area contributed by atoms with Gasteiger partial charge in [0.1, 0.15) is 52.8 Å². The van der Waals surface area contributed by atoms with Gasteiger partial charge >= 0.3 is 5.97 Å². The molecule has 0 radical (unpaired) electrons. The second-order valence-corrected chi connectivity index (χ2v) is 19.6. The van der Waals surface area contributed by atoms with Gasteiger partial charge in [0.2, 0.25) is 6.29 Å². The number of ketones is 2. The number of aliphatic hydroxyl groups is 5. The van der Waals surface area contributed by atoms with Gasteiger partial charge in [-0.2, -0.15) is 0 Å². The van der Waals surface area contributed by atoms with E-state index in [-0.39, 0.29) is 47.5 Å². The molecule has 4 aliphatic heterocycles. The van der Waals surface area contributed by atoms with E-state index in [1.165, 1.54) is 13.2 Å². The van der Waals surface area contributed by atoms with Gasteiger partial charge < -0.3 is 54.0 Å². The minimum absolute atomic E-state index is 0.00226. The first-order chi connectivity index (χ1) is 28.1. The minimum Gasteiger partial charge on any atom is -0.482 e. The fourth-order valence-electron chi connectivity index (χ4n) is 10.3. The highest BCUT2D eigenvalue weighted by Crippen LogP contribution is 2.73. The summed E-state index contributed by atoms with van der Waals surface area (Å²) >= 11 is 3.78. The Labute approximate surface area is 358 Å². The zero-order valence-corrected chi connectivity index (χ0v) is 37.1. The van der Waals surface area contributed by atoms with E-state index >= 15 is 4.79 Å². The normalized spacial score (nSPS) is 38.2. The smallest absolute Gasteiger partial charge is 0.333 e. The van der Waals surface area contributed by atoms with Crippen LogP contribution in [0.5, 0.6) is 17.2 Å². The molecule has 5 fully saturated rings. The molecule has 15 heteroatoms. The second-order valence-electron chi connectivity index (χ2n) is 18.3. The van der Waals surface area contributed by atoms with Crippen molar-refractivity contribution < 1.29 is 68.3 Å². The van der Waals surface area contributed by atoms with E-state index in [4.69, 9.17) is 28.4 Å². The van der Waals surface area contributed by atoms with Crippen LogP contribution in [0.2, 0.25) is 0 Å². The number of aliphatic hydroxyl groups excluding tert-OH is 5. The van der Waals surface area contributed by atoms with Crippen LogP contribution < -0.4 is 14.2 Å². The number of ether oxygens (including phenoxy) is 6. The number of alkyl halides is 1. The molecule has 12 atom stereocenters. The quantitative estimate of drug-likeness (QED) is 0.0906. The van der Waals surface area contributed by atoms with Crippen molar-refractivity contribution in [2.24, 2.45) is 11.8 Å². The van der Waals surface area contributed by atoms with Gasteiger partial charge in [0.25, 0.3) is 0 Å². The molecule has 7 aliphatic rings. The molecule has 1 aromatic carbocycles. The topological polar surface area (TPSA) is 208 Å². The maximum Gasteiger partial charge on any atom is 0.333 e. The summed E-state index contributed by atoms with van der Waals surface area (Å²) in [6.45, 7) is 14.3. The molecular formula is C45H57BrO14. The van der Waals surface area contributed by atoms with Crippen LogP contribution in [-0.2, 0) is 30.2 Å². The number of carbonyl (C=O) groups excluding carboxylic acids is 3. The fraction of sp³-hybridized carbons (Fsp3) is 0.622. The van der Waals surface area contributed by atoms with Gasteiger partial charge in [0.15, 0.2) is 27.1 Å². The first-order valence-corrected chi connectivity index (χ1v) is 21.3. The number of hydrogen-bond donors (Lipinski definition) is 5. The highest BCUT2D eigenvalue weighted by molar-refractivity contribution is 9.10. The Kier molecular flexibility index (Phi) is 11.5. The summed E-state index contributed by atoms with van der Waals surface area (Å²) in [6, 6.07) is 0. The van der Waals surface area contributed by atoms with Crippen LogP contribution in [0.3, 0.4) is 0 Å². The van der Waals surface area contributed by atoms with Gasteiger partial charge in [0.05, 0.1) is 31.0 Å².